The summed E-state index contributed by atoms with van der Waals surface area (Å²) in [4.78, 5) is 34.4. The predicted octanol–water partition coefficient (Wildman–Crippen LogP) is 2.96. The SMILES string of the molecule is O=C(NC1(CO)CCC1)c1c(Cl)cccc1OCc1cc(=O)n2[nH]c(-c3ccccc3)nc2n1. The molecule has 1 amide bonds. The van der Waals surface area contributed by atoms with Gasteiger partial charge in [-0.25, -0.2) is 4.98 Å². The number of hydrogen-bond donors (Lipinski definition) is 3. The quantitative estimate of drug-likeness (QED) is 0.374. The molecule has 1 aliphatic carbocycles. The summed E-state index contributed by atoms with van der Waals surface area (Å²) < 4.78 is 7.12. The van der Waals surface area contributed by atoms with Gasteiger partial charge in [-0.2, -0.15) is 9.50 Å². The maximum absolute atomic E-state index is 13.0. The number of nitrogens with one attached hydrogen (secondary N) is 2. The standard InChI is InChI=1S/C24H22ClN5O4/c25-17-8-4-9-18(20(17)22(33)28-24(14-31)10-5-11-24)34-13-16-12-19(32)30-23(26-16)27-21(29-30)15-6-2-1-3-7-15/h1-4,6-9,12,31H,5,10-11,13-14H2,(H,28,33)(H,26,27,29). The summed E-state index contributed by atoms with van der Waals surface area (Å²) in [6, 6.07) is 15.7. The van der Waals surface area contributed by atoms with Gasteiger partial charge in [0.25, 0.3) is 17.2 Å². The molecule has 0 spiro atoms. The van der Waals surface area contributed by atoms with Crippen molar-refractivity contribution in [1.29, 1.82) is 0 Å². The Labute approximate surface area is 199 Å². The highest BCUT2D eigenvalue weighted by molar-refractivity contribution is 6.34. The second-order valence-electron chi connectivity index (χ2n) is 8.31. The molecule has 0 aliphatic heterocycles. The topological polar surface area (TPSA) is 122 Å². The van der Waals surface area contributed by atoms with Gasteiger partial charge in [-0.3, -0.25) is 14.7 Å². The normalized spacial score (nSPS) is 14.5. The fraction of sp³-hybridized carbons (Fsp3) is 0.250. The Morgan fingerprint density at radius 1 is 1.18 bits per heavy atom. The summed E-state index contributed by atoms with van der Waals surface area (Å²) in [5.41, 5.74) is 0.399. The molecule has 174 valence electrons. The summed E-state index contributed by atoms with van der Waals surface area (Å²) in [6.45, 7) is -0.201. The van der Waals surface area contributed by atoms with Crippen molar-refractivity contribution in [1.82, 2.24) is 24.9 Å². The van der Waals surface area contributed by atoms with E-state index in [1.54, 1.807) is 18.2 Å². The van der Waals surface area contributed by atoms with Crippen molar-refractivity contribution in [3.63, 3.8) is 0 Å². The fourth-order valence-corrected chi connectivity index (χ4v) is 4.20. The molecule has 0 radical (unpaired) electrons. The van der Waals surface area contributed by atoms with Crippen LogP contribution in [-0.4, -0.2) is 42.7 Å². The van der Waals surface area contributed by atoms with Gasteiger partial charge in [0, 0.05) is 11.6 Å². The van der Waals surface area contributed by atoms with Crippen molar-refractivity contribution in [3.05, 3.63) is 81.2 Å². The van der Waals surface area contributed by atoms with Gasteiger partial charge in [-0.15, -0.1) is 0 Å². The van der Waals surface area contributed by atoms with Crippen LogP contribution >= 0.6 is 11.6 Å². The average Bonchev–Trinajstić information content (AvgIpc) is 3.25. The zero-order valence-corrected chi connectivity index (χ0v) is 18.9. The van der Waals surface area contributed by atoms with Gasteiger partial charge in [0.05, 0.1) is 28.4 Å². The van der Waals surface area contributed by atoms with E-state index in [1.807, 2.05) is 30.3 Å². The maximum Gasteiger partial charge on any atom is 0.274 e. The first-order chi connectivity index (χ1) is 16.5. The number of H-pyrrole nitrogens is 1. The smallest absolute Gasteiger partial charge is 0.274 e. The number of aromatic nitrogens is 4. The van der Waals surface area contributed by atoms with E-state index in [0.29, 0.717) is 24.4 Å². The van der Waals surface area contributed by atoms with Crippen molar-refractivity contribution in [3.8, 4) is 17.1 Å². The summed E-state index contributed by atoms with van der Waals surface area (Å²) >= 11 is 6.32. The molecule has 0 unspecified atom stereocenters. The number of aliphatic hydroxyl groups is 1. The molecule has 0 saturated heterocycles. The Kier molecular flexibility index (Phi) is 5.80. The van der Waals surface area contributed by atoms with Gasteiger partial charge in [0.2, 0.25) is 0 Å². The largest absolute Gasteiger partial charge is 0.486 e. The minimum Gasteiger partial charge on any atom is -0.486 e. The van der Waals surface area contributed by atoms with Crippen LogP contribution in [0.25, 0.3) is 17.2 Å². The summed E-state index contributed by atoms with van der Waals surface area (Å²) in [6.07, 6.45) is 2.35. The monoisotopic (exact) mass is 479 g/mol. The minimum absolute atomic E-state index is 0.0644. The second kappa shape index (κ2) is 8.92. The highest BCUT2D eigenvalue weighted by Crippen LogP contribution is 2.33. The lowest BCUT2D eigenvalue weighted by molar-refractivity contribution is 0.0638. The Balaban J connectivity index is 1.39. The van der Waals surface area contributed by atoms with E-state index in [-0.39, 0.29) is 40.9 Å². The lowest BCUT2D eigenvalue weighted by atomic mass is 9.77. The summed E-state index contributed by atoms with van der Waals surface area (Å²) in [7, 11) is 0. The number of halogens is 1. The number of amides is 1. The number of ether oxygens (including phenoxy) is 1. The van der Waals surface area contributed by atoms with Crippen LogP contribution in [0.4, 0.5) is 0 Å². The number of benzene rings is 2. The van der Waals surface area contributed by atoms with Crippen LogP contribution in [0.5, 0.6) is 5.75 Å². The van der Waals surface area contributed by atoms with Crippen LogP contribution in [0.15, 0.2) is 59.4 Å². The van der Waals surface area contributed by atoms with Crippen molar-refractivity contribution in [2.75, 3.05) is 6.61 Å². The average molecular weight is 480 g/mol. The van der Waals surface area contributed by atoms with Crippen LogP contribution in [-0.2, 0) is 6.61 Å². The molecular formula is C24H22ClN5O4. The third-order valence-electron chi connectivity index (χ3n) is 6.00. The van der Waals surface area contributed by atoms with Gasteiger partial charge >= 0.3 is 0 Å². The van der Waals surface area contributed by atoms with E-state index in [9.17, 15) is 14.7 Å². The molecule has 3 N–H and O–H groups in total. The third-order valence-corrected chi connectivity index (χ3v) is 6.32. The molecule has 1 fully saturated rings. The molecule has 2 aromatic heterocycles. The lowest BCUT2D eigenvalue weighted by Crippen LogP contribution is -2.56. The lowest BCUT2D eigenvalue weighted by Gasteiger charge is -2.41. The van der Waals surface area contributed by atoms with Gasteiger partial charge in [0.15, 0.2) is 5.82 Å². The summed E-state index contributed by atoms with van der Waals surface area (Å²) in [5.74, 6) is 0.568. The summed E-state index contributed by atoms with van der Waals surface area (Å²) in [5, 5.41) is 15.8. The Morgan fingerprint density at radius 2 is 1.97 bits per heavy atom. The number of fused-ring (bicyclic) bond motifs is 1. The molecule has 1 aliphatic rings. The molecule has 0 atom stereocenters. The van der Waals surface area contributed by atoms with Crippen LogP contribution in [0.1, 0.15) is 35.3 Å². The first-order valence-corrected chi connectivity index (χ1v) is 11.2. The third kappa shape index (κ3) is 4.15. The number of hydrogen-bond acceptors (Lipinski definition) is 6. The van der Waals surface area contributed by atoms with Crippen molar-refractivity contribution in [2.45, 2.75) is 31.4 Å². The zero-order chi connectivity index (χ0) is 23.7. The minimum atomic E-state index is -0.620. The maximum atomic E-state index is 13.0. The van der Waals surface area contributed by atoms with Crippen LogP contribution < -0.4 is 15.6 Å². The zero-order valence-electron chi connectivity index (χ0n) is 18.1. The molecule has 1 saturated carbocycles. The van der Waals surface area contributed by atoms with Crippen molar-refractivity contribution >= 4 is 23.3 Å². The van der Waals surface area contributed by atoms with Crippen LogP contribution in [0, 0.1) is 0 Å². The molecule has 5 rings (SSSR count). The molecule has 2 heterocycles. The van der Waals surface area contributed by atoms with Crippen molar-refractivity contribution in [2.24, 2.45) is 0 Å². The van der Waals surface area contributed by atoms with Crippen LogP contribution in [0.3, 0.4) is 0 Å². The second-order valence-corrected chi connectivity index (χ2v) is 8.71. The van der Waals surface area contributed by atoms with Gasteiger partial charge < -0.3 is 15.2 Å². The number of aliphatic hydroxyl groups excluding tert-OH is 1. The highest BCUT2D eigenvalue weighted by atomic mass is 35.5. The van der Waals surface area contributed by atoms with E-state index in [2.05, 4.69) is 20.4 Å². The Morgan fingerprint density at radius 3 is 2.68 bits per heavy atom. The van der Waals surface area contributed by atoms with Crippen LogP contribution in [0.2, 0.25) is 5.02 Å². The fourth-order valence-electron chi connectivity index (χ4n) is 3.95. The Hall–Kier alpha value is -3.69. The molecule has 2 aromatic carbocycles. The number of carbonyl (C=O) groups is 1. The number of aromatic amines is 1. The van der Waals surface area contributed by atoms with Gasteiger partial charge in [-0.05, 0) is 31.4 Å². The Bertz CT molecular complexity index is 1410. The number of carbonyl (C=O) groups excluding carboxylic acids is 1. The molecule has 34 heavy (non-hydrogen) atoms. The van der Waals surface area contributed by atoms with E-state index in [4.69, 9.17) is 16.3 Å². The van der Waals surface area contributed by atoms with E-state index >= 15 is 0 Å². The van der Waals surface area contributed by atoms with Gasteiger partial charge in [-0.1, -0.05) is 48.0 Å². The van der Waals surface area contributed by atoms with E-state index in [1.165, 1.54) is 10.6 Å². The van der Waals surface area contributed by atoms with Gasteiger partial charge in [0.1, 0.15) is 12.4 Å². The number of rotatable bonds is 7. The van der Waals surface area contributed by atoms with E-state index < -0.39 is 11.4 Å². The van der Waals surface area contributed by atoms with E-state index in [0.717, 1.165) is 12.0 Å². The predicted molar refractivity (Wildman–Crippen MR) is 126 cm³/mol. The highest BCUT2D eigenvalue weighted by Gasteiger charge is 2.38. The molecule has 9 nitrogen and oxygen atoms in total. The van der Waals surface area contributed by atoms with Crippen molar-refractivity contribution < 1.29 is 14.6 Å². The number of nitrogens with zero attached hydrogens (tertiary/aromatic N) is 3. The molecule has 10 heteroatoms. The first kappa shape index (κ1) is 22.1. The first-order valence-electron chi connectivity index (χ1n) is 10.9. The molecular weight excluding hydrogens is 458 g/mol. The molecule has 4 aromatic rings. The molecule has 0 bridgehead atoms.